The van der Waals surface area contributed by atoms with Crippen molar-refractivity contribution >= 4 is 21.6 Å². The minimum atomic E-state index is -0.475. The monoisotopic (exact) mass is 302 g/mol. The number of anilines is 1. The molecule has 5 heteroatoms. The molecule has 0 fully saturated rings. The Morgan fingerprint density at radius 3 is 2.24 bits per heavy atom. The maximum Gasteiger partial charge on any atom is 0.180 e. The van der Waals surface area contributed by atoms with Crippen LogP contribution in [0.25, 0.3) is 0 Å². The number of rotatable bonds is 6. The highest BCUT2D eigenvalue weighted by molar-refractivity contribution is 9.10. The fourth-order valence-electron chi connectivity index (χ4n) is 1.69. The lowest BCUT2D eigenvalue weighted by atomic mass is 10.0. The zero-order valence-electron chi connectivity index (χ0n) is 10.4. The molecule has 0 saturated heterocycles. The molecule has 1 rings (SSSR count). The van der Waals surface area contributed by atoms with Crippen LogP contribution in [0.4, 0.5) is 5.69 Å². The largest absolute Gasteiger partial charge is 0.374 e. The van der Waals surface area contributed by atoms with Gasteiger partial charge in [-0.05, 0) is 31.2 Å². The molecule has 96 valence electrons. The number of hydrogen-bond acceptors (Lipinski definition) is 4. The van der Waals surface area contributed by atoms with Crippen molar-refractivity contribution in [2.75, 3.05) is 26.1 Å². The van der Waals surface area contributed by atoms with Gasteiger partial charge in [0.2, 0.25) is 0 Å². The Morgan fingerprint density at radius 1 is 1.29 bits per heavy atom. The van der Waals surface area contributed by atoms with Gasteiger partial charge >= 0.3 is 0 Å². The quantitative estimate of drug-likeness (QED) is 0.791. The lowest BCUT2D eigenvalue weighted by Crippen LogP contribution is -2.54. The van der Waals surface area contributed by atoms with E-state index in [2.05, 4.69) is 21.2 Å². The molecule has 0 spiro atoms. The highest BCUT2D eigenvalue weighted by atomic mass is 79.9. The molecule has 1 aromatic carbocycles. The van der Waals surface area contributed by atoms with Crippen molar-refractivity contribution in [2.45, 2.75) is 18.8 Å². The fraction of sp³-hybridized carbons (Fsp3) is 0.500. The van der Waals surface area contributed by atoms with Crippen molar-refractivity contribution in [3.05, 3.63) is 28.7 Å². The first-order valence-electron chi connectivity index (χ1n) is 5.35. The summed E-state index contributed by atoms with van der Waals surface area (Å²) in [5, 5.41) is 3.34. The van der Waals surface area contributed by atoms with Crippen LogP contribution in [0.5, 0.6) is 0 Å². The number of halogens is 1. The third-order valence-electron chi connectivity index (χ3n) is 2.65. The summed E-state index contributed by atoms with van der Waals surface area (Å²) in [6, 6.07) is 7.88. The number of benzene rings is 1. The van der Waals surface area contributed by atoms with Crippen LogP contribution >= 0.6 is 15.9 Å². The van der Waals surface area contributed by atoms with E-state index < -0.39 is 11.8 Å². The highest BCUT2D eigenvalue weighted by Crippen LogP contribution is 2.22. The Kier molecular flexibility index (Phi) is 5.39. The molecular weight excluding hydrogens is 284 g/mol. The second-order valence-electron chi connectivity index (χ2n) is 4.06. The van der Waals surface area contributed by atoms with E-state index in [0.29, 0.717) is 6.54 Å². The van der Waals surface area contributed by atoms with Gasteiger partial charge in [0.15, 0.2) is 6.29 Å². The van der Waals surface area contributed by atoms with Gasteiger partial charge in [-0.15, -0.1) is 0 Å². The third-order valence-corrected chi connectivity index (χ3v) is 3.18. The summed E-state index contributed by atoms with van der Waals surface area (Å²) in [5.74, 6) is 0. The summed E-state index contributed by atoms with van der Waals surface area (Å²) in [6.07, 6.45) is -0.406. The summed E-state index contributed by atoms with van der Waals surface area (Å²) in [5.41, 5.74) is 6.30. The molecule has 0 amide bonds. The van der Waals surface area contributed by atoms with Gasteiger partial charge in [-0.2, -0.15) is 0 Å². The van der Waals surface area contributed by atoms with Gasteiger partial charge in [0.1, 0.15) is 0 Å². The molecule has 3 N–H and O–H groups in total. The summed E-state index contributed by atoms with van der Waals surface area (Å²) < 4.78 is 11.6. The standard InChI is InChI=1S/C12H19BrN2O2/c1-12(8-14,11(16-2)17-3)15-10-6-4-9(13)5-7-10/h4-7,11,15H,8,14H2,1-3H3. The smallest absolute Gasteiger partial charge is 0.180 e. The van der Waals surface area contributed by atoms with E-state index in [0.717, 1.165) is 10.2 Å². The topological polar surface area (TPSA) is 56.5 Å². The van der Waals surface area contributed by atoms with Gasteiger partial charge in [-0.3, -0.25) is 0 Å². The fourth-order valence-corrected chi connectivity index (χ4v) is 1.95. The Morgan fingerprint density at radius 2 is 1.82 bits per heavy atom. The average Bonchev–Trinajstić information content (AvgIpc) is 2.33. The predicted molar refractivity (Wildman–Crippen MR) is 73.0 cm³/mol. The second-order valence-corrected chi connectivity index (χ2v) is 4.97. The van der Waals surface area contributed by atoms with Crippen LogP contribution in [0, 0.1) is 0 Å². The molecule has 0 aromatic heterocycles. The minimum absolute atomic E-state index is 0.398. The van der Waals surface area contributed by atoms with Gasteiger partial charge in [-0.25, -0.2) is 0 Å². The molecule has 0 aliphatic carbocycles. The first-order chi connectivity index (χ1) is 8.05. The number of hydrogen-bond donors (Lipinski definition) is 2. The van der Waals surface area contributed by atoms with Crippen molar-refractivity contribution in [3.63, 3.8) is 0 Å². The first kappa shape index (κ1) is 14.4. The van der Waals surface area contributed by atoms with Crippen molar-refractivity contribution in [3.8, 4) is 0 Å². The van der Waals surface area contributed by atoms with Crippen molar-refractivity contribution in [1.82, 2.24) is 0 Å². The first-order valence-corrected chi connectivity index (χ1v) is 6.14. The molecule has 1 aromatic rings. The number of nitrogens with one attached hydrogen (secondary N) is 1. The second kappa shape index (κ2) is 6.35. The zero-order chi connectivity index (χ0) is 12.9. The normalized spacial score (nSPS) is 14.7. The van der Waals surface area contributed by atoms with Crippen molar-refractivity contribution < 1.29 is 9.47 Å². The van der Waals surface area contributed by atoms with Crippen LogP contribution in [0.3, 0.4) is 0 Å². The van der Waals surface area contributed by atoms with Gasteiger partial charge in [0, 0.05) is 30.9 Å². The Hall–Kier alpha value is -0.620. The van der Waals surface area contributed by atoms with E-state index in [4.69, 9.17) is 15.2 Å². The van der Waals surface area contributed by atoms with Crippen LogP contribution in [-0.4, -0.2) is 32.6 Å². The van der Waals surface area contributed by atoms with Crippen molar-refractivity contribution in [2.24, 2.45) is 5.73 Å². The maximum absolute atomic E-state index is 5.81. The van der Waals surface area contributed by atoms with Crippen molar-refractivity contribution in [1.29, 1.82) is 0 Å². The van der Waals surface area contributed by atoms with Crippen LogP contribution in [0.1, 0.15) is 6.92 Å². The molecular formula is C12H19BrN2O2. The predicted octanol–water partition coefficient (Wildman–Crippen LogP) is 2.20. The lowest BCUT2D eigenvalue weighted by molar-refractivity contribution is -0.134. The van der Waals surface area contributed by atoms with Gasteiger partial charge < -0.3 is 20.5 Å². The Bertz CT molecular complexity index is 341. The Labute approximate surface area is 111 Å². The van der Waals surface area contributed by atoms with Crippen LogP contribution in [0.15, 0.2) is 28.7 Å². The van der Waals surface area contributed by atoms with E-state index in [1.807, 2.05) is 31.2 Å². The molecule has 1 atom stereocenters. The zero-order valence-corrected chi connectivity index (χ0v) is 12.0. The number of methoxy groups -OCH3 is 2. The summed E-state index contributed by atoms with van der Waals surface area (Å²) in [4.78, 5) is 0. The van der Waals surface area contributed by atoms with E-state index in [1.165, 1.54) is 0 Å². The number of nitrogens with two attached hydrogens (primary N) is 1. The summed E-state index contributed by atoms with van der Waals surface area (Å²) in [6.45, 7) is 2.36. The molecule has 0 radical (unpaired) electrons. The minimum Gasteiger partial charge on any atom is -0.374 e. The molecule has 0 heterocycles. The van der Waals surface area contributed by atoms with Gasteiger partial charge in [0.25, 0.3) is 0 Å². The van der Waals surface area contributed by atoms with Crippen LogP contribution < -0.4 is 11.1 Å². The van der Waals surface area contributed by atoms with Crippen LogP contribution in [-0.2, 0) is 9.47 Å². The molecule has 17 heavy (non-hydrogen) atoms. The molecule has 1 unspecified atom stereocenters. The highest BCUT2D eigenvalue weighted by Gasteiger charge is 2.33. The SMILES string of the molecule is COC(OC)C(C)(CN)Nc1ccc(Br)cc1. The van der Waals surface area contributed by atoms with Gasteiger partial charge in [-0.1, -0.05) is 15.9 Å². The molecule has 0 bridgehead atoms. The van der Waals surface area contributed by atoms with Crippen LogP contribution in [0.2, 0.25) is 0 Å². The molecule has 4 nitrogen and oxygen atoms in total. The van der Waals surface area contributed by atoms with E-state index in [9.17, 15) is 0 Å². The average molecular weight is 303 g/mol. The number of ether oxygens (including phenoxy) is 2. The molecule has 0 aliphatic rings. The Balaban J connectivity index is 2.84. The van der Waals surface area contributed by atoms with Gasteiger partial charge in [0.05, 0.1) is 5.54 Å². The molecule has 0 saturated carbocycles. The molecule has 0 aliphatic heterocycles. The third kappa shape index (κ3) is 3.67. The summed E-state index contributed by atoms with van der Waals surface area (Å²) >= 11 is 3.40. The lowest BCUT2D eigenvalue weighted by Gasteiger charge is -2.36. The summed E-state index contributed by atoms with van der Waals surface area (Å²) in [7, 11) is 3.21. The van der Waals surface area contributed by atoms with E-state index in [-0.39, 0.29) is 0 Å². The van der Waals surface area contributed by atoms with E-state index in [1.54, 1.807) is 14.2 Å². The van der Waals surface area contributed by atoms with E-state index >= 15 is 0 Å². The maximum atomic E-state index is 5.81.